The van der Waals surface area contributed by atoms with Crippen molar-refractivity contribution < 1.29 is 14.3 Å². The zero-order valence-corrected chi connectivity index (χ0v) is 13.7. The Morgan fingerprint density at radius 2 is 1.43 bits per heavy atom. The van der Waals surface area contributed by atoms with E-state index in [9.17, 15) is 4.79 Å². The van der Waals surface area contributed by atoms with Crippen LogP contribution in [0.4, 0.5) is 0 Å². The molecule has 0 bridgehead atoms. The van der Waals surface area contributed by atoms with Crippen LogP contribution in [-0.4, -0.2) is 5.97 Å². The summed E-state index contributed by atoms with van der Waals surface area (Å²) in [5.74, 6) is 1.37. The highest BCUT2D eigenvalue weighted by molar-refractivity contribution is 9.10. The zero-order valence-electron chi connectivity index (χ0n) is 12.1. The highest BCUT2D eigenvalue weighted by Gasteiger charge is 2.10. The number of hydrogen-bond acceptors (Lipinski definition) is 3. The summed E-state index contributed by atoms with van der Waals surface area (Å²) < 4.78 is 12.0. The van der Waals surface area contributed by atoms with Crippen molar-refractivity contribution in [2.75, 3.05) is 0 Å². The lowest BCUT2D eigenvalue weighted by Gasteiger charge is -2.08. The van der Waals surface area contributed by atoms with Crippen LogP contribution in [0.5, 0.6) is 17.2 Å². The average Bonchev–Trinajstić information content (AvgIpc) is 2.58. The van der Waals surface area contributed by atoms with Crippen LogP contribution in [0.15, 0.2) is 83.3 Å². The van der Waals surface area contributed by atoms with E-state index in [2.05, 4.69) is 15.9 Å². The molecule has 4 heteroatoms. The van der Waals surface area contributed by atoms with Gasteiger partial charge in [-0.3, -0.25) is 0 Å². The minimum absolute atomic E-state index is 0.425. The van der Waals surface area contributed by atoms with Crippen molar-refractivity contribution in [1.29, 1.82) is 0 Å². The summed E-state index contributed by atoms with van der Waals surface area (Å²) >= 11 is 3.34. The molecule has 0 aliphatic rings. The van der Waals surface area contributed by atoms with Crippen LogP contribution in [0.1, 0.15) is 10.4 Å². The maximum Gasteiger partial charge on any atom is 0.343 e. The van der Waals surface area contributed by atoms with Gasteiger partial charge in [-0.1, -0.05) is 40.2 Å². The first-order chi connectivity index (χ1) is 11.2. The van der Waals surface area contributed by atoms with E-state index in [4.69, 9.17) is 9.47 Å². The Kier molecular flexibility index (Phi) is 4.74. The van der Waals surface area contributed by atoms with Crippen LogP contribution in [0.25, 0.3) is 0 Å². The predicted molar refractivity (Wildman–Crippen MR) is 92.1 cm³/mol. The van der Waals surface area contributed by atoms with Gasteiger partial charge < -0.3 is 9.47 Å². The molecule has 0 N–H and O–H groups in total. The van der Waals surface area contributed by atoms with E-state index in [1.807, 2.05) is 42.5 Å². The number of hydrogen-bond donors (Lipinski definition) is 0. The Labute approximate surface area is 142 Å². The largest absolute Gasteiger partial charge is 0.457 e. The van der Waals surface area contributed by atoms with E-state index in [0.29, 0.717) is 22.8 Å². The molecule has 0 saturated carbocycles. The summed E-state index contributed by atoms with van der Waals surface area (Å²) in [7, 11) is 0. The van der Waals surface area contributed by atoms with Gasteiger partial charge in [0.2, 0.25) is 0 Å². The number of ether oxygens (including phenoxy) is 2. The second kappa shape index (κ2) is 7.11. The molecular weight excluding hydrogens is 356 g/mol. The summed E-state index contributed by atoms with van der Waals surface area (Å²) in [6.07, 6.45) is 0. The molecule has 0 aliphatic carbocycles. The number of halogens is 1. The number of rotatable bonds is 4. The fraction of sp³-hybridized carbons (Fsp3) is 0. The molecule has 3 aromatic carbocycles. The Bertz CT molecular complexity index is 798. The number of carbonyl (C=O) groups is 1. The maximum absolute atomic E-state index is 12.2. The Morgan fingerprint density at radius 3 is 2.17 bits per heavy atom. The van der Waals surface area contributed by atoms with E-state index in [1.54, 1.807) is 36.4 Å². The topological polar surface area (TPSA) is 35.5 Å². The van der Waals surface area contributed by atoms with Gasteiger partial charge >= 0.3 is 5.97 Å². The van der Waals surface area contributed by atoms with Crippen LogP contribution in [0.2, 0.25) is 0 Å². The fourth-order valence-electron chi connectivity index (χ4n) is 1.98. The Balaban J connectivity index is 1.73. The van der Waals surface area contributed by atoms with Crippen molar-refractivity contribution in [3.63, 3.8) is 0 Å². The van der Waals surface area contributed by atoms with Crippen LogP contribution < -0.4 is 9.47 Å². The molecule has 0 spiro atoms. The van der Waals surface area contributed by atoms with Crippen molar-refractivity contribution in [2.24, 2.45) is 0 Å². The van der Waals surface area contributed by atoms with Crippen molar-refractivity contribution in [3.8, 4) is 17.2 Å². The van der Waals surface area contributed by atoms with Crippen LogP contribution in [0, 0.1) is 0 Å². The van der Waals surface area contributed by atoms with E-state index in [0.717, 1.165) is 4.47 Å². The molecule has 0 saturated heterocycles. The molecule has 0 aliphatic heterocycles. The molecule has 3 aromatic rings. The summed E-state index contributed by atoms with van der Waals surface area (Å²) in [6, 6.07) is 23.4. The monoisotopic (exact) mass is 368 g/mol. The molecule has 0 heterocycles. The van der Waals surface area contributed by atoms with E-state index in [1.165, 1.54) is 0 Å². The molecule has 0 atom stereocenters. The van der Waals surface area contributed by atoms with Gasteiger partial charge in [0.15, 0.2) is 0 Å². The molecule has 0 radical (unpaired) electrons. The normalized spacial score (nSPS) is 10.1. The average molecular weight is 369 g/mol. The number of para-hydroxylation sites is 1. The Morgan fingerprint density at radius 1 is 0.739 bits per heavy atom. The molecule has 0 amide bonds. The molecule has 3 rings (SSSR count). The summed E-state index contributed by atoms with van der Waals surface area (Å²) in [5, 5.41) is 0. The van der Waals surface area contributed by atoms with E-state index in [-0.39, 0.29) is 0 Å². The minimum Gasteiger partial charge on any atom is -0.457 e. The van der Waals surface area contributed by atoms with Crippen molar-refractivity contribution in [1.82, 2.24) is 0 Å². The standard InChI is InChI=1S/C19H13BrO3/c20-15-9-11-17(12-10-15)23-19(21)14-5-4-8-18(13-14)22-16-6-2-1-3-7-16/h1-13H. The number of esters is 1. The second-order valence-electron chi connectivity index (χ2n) is 4.79. The third kappa shape index (κ3) is 4.20. The van der Waals surface area contributed by atoms with Gasteiger partial charge in [-0.2, -0.15) is 0 Å². The first-order valence-electron chi connectivity index (χ1n) is 7.01. The van der Waals surface area contributed by atoms with Gasteiger partial charge in [-0.15, -0.1) is 0 Å². The van der Waals surface area contributed by atoms with Gasteiger partial charge in [0, 0.05) is 4.47 Å². The van der Waals surface area contributed by atoms with Crippen molar-refractivity contribution >= 4 is 21.9 Å². The van der Waals surface area contributed by atoms with Crippen LogP contribution in [0.3, 0.4) is 0 Å². The second-order valence-corrected chi connectivity index (χ2v) is 5.70. The van der Waals surface area contributed by atoms with Gasteiger partial charge in [0.25, 0.3) is 0 Å². The lowest BCUT2D eigenvalue weighted by Crippen LogP contribution is -2.08. The van der Waals surface area contributed by atoms with Gasteiger partial charge in [0.05, 0.1) is 5.56 Å². The smallest absolute Gasteiger partial charge is 0.343 e. The fourth-order valence-corrected chi connectivity index (χ4v) is 2.24. The first-order valence-corrected chi connectivity index (χ1v) is 7.81. The quantitative estimate of drug-likeness (QED) is 0.453. The van der Waals surface area contributed by atoms with Crippen LogP contribution in [-0.2, 0) is 0 Å². The first kappa shape index (κ1) is 15.3. The molecule has 23 heavy (non-hydrogen) atoms. The summed E-state index contributed by atoms with van der Waals surface area (Å²) in [6.45, 7) is 0. The van der Waals surface area contributed by atoms with Gasteiger partial charge in [-0.25, -0.2) is 4.79 Å². The number of carbonyl (C=O) groups excluding carboxylic acids is 1. The lowest BCUT2D eigenvalue weighted by atomic mass is 10.2. The molecule has 3 nitrogen and oxygen atoms in total. The summed E-state index contributed by atoms with van der Waals surface area (Å²) in [4.78, 5) is 12.2. The molecule has 0 unspecified atom stereocenters. The molecule has 0 fully saturated rings. The SMILES string of the molecule is O=C(Oc1ccc(Br)cc1)c1cccc(Oc2ccccc2)c1. The van der Waals surface area contributed by atoms with Crippen LogP contribution >= 0.6 is 15.9 Å². The highest BCUT2D eigenvalue weighted by atomic mass is 79.9. The van der Waals surface area contributed by atoms with Crippen molar-refractivity contribution in [3.05, 3.63) is 88.9 Å². The van der Waals surface area contributed by atoms with E-state index < -0.39 is 5.97 Å². The van der Waals surface area contributed by atoms with E-state index >= 15 is 0 Å². The molecule has 114 valence electrons. The third-order valence-electron chi connectivity index (χ3n) is 3.07. The maximum atomic E-state index is 12.2. The summed E-state index contributed by atoms with van der Waals surface area (Å²) in [5.41, 5.74) is 0.432. The number of benzene rings is 3. The molecular formula is C19H13BrO3. The van der Waals surface area contributed by atoms with Gasteiger partial charge in [0.1, 0.15) is 17.2 Å². The molecule has 0 aromatic heterocycles. The van der Waals surface area contributed by atoms with Crippen molar-refractivity contribution in [2.45, 2.75) is 0 Å². The Hall–Kier alpha value is -2.59. The predicted octanol–water partition coefficient (Wildman–Crippen LogP) is 5.46. The lowest BCUT2D eigenvalue weighted by molar-refractivity contribution is 0.0734. The highest BCUT2D eigenvalue weighted by Crippen LogP contribution is 2.23. The third-order valence-corrected chi connectivity index (χ3v) is 3.60. The zero-order chi connectivity index (χ0) is 16.1. The van der Waals surface area contributed by atoms with Gasteiger partial charge in [-0.05, 0) is 54.6 Å². The minimum atomic E-state index is -0.425.